The summed E-state index contributed by atoms with van der Waals surface area (Å²) in [6.45, 7) is 3.85. The van der Waals surface area contributed by atoms with Crippen LogP contribution >= 0.6 is 39.1 Å². The van der Waals surface area contributed by atoms with Gasteiger partial charge in [-0.2, -0.15) is 5.26 Å². The molecule has 1 N–H and O–H groups in total. The van der Waals surface area contributed by atoms with E-state index in [1.165, 1.54) is 0 Å². The SMILES string of the molecule is Cc1cc(/C=C(\C#N)C(=O)Nc2ccccc2Br)c(C)n1-c1cc(Cl)cc(Cl)c1. The molecule has 0 saturated heterocycles. The Morgan fingerprint density at radius 3 is 2.41 bits per heavy atom. The van der Waals surface area contributed by atoms with E-state index >= 15 is 0 Å². The summed E-state index contributed by atoms with van der Waals surface area (Å²) < 4.78 is 2.71. The van der Waals surface area contributed by atoms with E-state index in [4.69, 9.17) is 23.2 Å². The van der Waals surface area contributed by atoms with Crippen LogP contribution in [0.3, 0.4) is 0 Å². The Labute approximate surface area is 187 Å². The highest BCUT2D eigenvalue weighted by atomic mass is 79.9. The van der Waals surface area contributed by atoms with Gasteiger partial charge in [0.15, 0.2) is 0 Å². The third-order valence-corrected chi connectivity index (χ3v) is 5.49. The number of anilines is 1. The maximum Gasteiger partial charge on any atom is 0.266 e. The van der Waals surface area contributed by atoms with Crippen LogP contribution in [-0.2, 0) is 4.79 Å². The molecule has 0 spiro atoms. The number of aromatic nitrogens is 1. The van der Waals surface area contributed by atoms with Crippen LogP contribution in [0.15, 0.2) is 58.6 Å². The average Bonchev–Trinajstić information content (AvgIpc) is 2.94. The van der Waals surface area contributed by atoms with Gasteiger partial charge in [0.05, 0.1) is 5.69 Å². The Morgan fingerprint density at radius 2 is 1.79 bits per heavy atom. The van der Waals surface area contributed by atoms with Crippen LogP contribution in [0.25, 0.3) is 11.8 Å². The molecular formula is C22H16BrCl2N3O. The smallest absolute Gasteiger partial charge is 0.266 e. The van der Waals surface area contributed by atoms with Gasteiger partial charge in [-0.15, -0.1) is 0 Å². The van der Waals surface area contributed by atoms with Gasteiger partial charge in [-0.1, -0.05) is 35.3 Å². The van der Waals surface area contributed by atoms with Crippen molar-refractivity contribution in [3.8, 4) is 11.8 Å². The van der Waals surface area contributed by atoms with E-state index in [0.717, 1.165) is 27.1 Å². The van der Waals surface area contributed by atoms with Gasteiger partial charge < -0.3 is 9.88 Å². The second-order valence-corrected chi connectivity index (χ2v) is 8.12. The molecule has 0 radical (unpaired) electrons. The number of hydrogen-bond acceptors (Lipinski definition) is 2. The molecule has 7 heteroatoms. The highest BCUT2D eigenvalue weighted by Gasteiger charge is 2.15. The number of nitrogens with one attached hydrogen (secondary N) is 1. The van der Waals surface area contributed by atoms with Gasteiger partial charge in [0.1, 0.15) is 11.6 Å². The average molecular weight is 489 g/mol. The molecule has 0 atom stereocenters. The van der Waals surface area contributed by atoms with E-state index in [1.54, 1.807) is 24.3 Å². The Balaban J connectivity index is 1.98. The van der Waals surface area contributed by atoms with Gasteiger partial charge in [0, 0.05) is 31.6 Å². The van der Waals surface area contributed by atoms with Gasteiger partial charge in [-0.05, 0) is 77.8 Å². The van der Waals surface area contributed by atoms with Crippen molar-refractivity contribution in [2.45, 2.75) is 13.8 Å². The first-order chi connectivity index (χ1) is 13.8. The van der Waals surface area contributed by atoms with Crippen LogP contribution in [0, 0.1) is 25.2 Å². The van der Waals surface area contributed by atoms with E-state index in [0.29, 0.717) is 15.7 Å². The first-order valence-electron chi connectivity index (χ1n) is 8.63. The molecule has 0 aliphatic heterocycles. The summed E-state index contributed by atoms with van der Waals surface area (Å²) in [5.74, 6) is -0.477. The van der Waals surface area contributed by atoms with Crippen molar-refractivity contribution in [1.29, 1.82) is 5.26 Å². The van der Waals surface area contributed by atoms with Gasteiger partial charge in [0.2, 0.25) is 0 Å². The Morgan fingerprint density at radius 1 is 1.14 bits per heavy atom. The summed E-state index contributed by atoms with van der Waals surface area (Å²) in [6, 6.07) is 16.4. The van der Waals surface area contributed by atoms with E-state index in [1.807, 2.05) is 54.8 Å². The summed E-state index contributed by atoms with van der Waals surface area (Å²) in [4.78, 5) is 12.6. The second-order valence-electron chi connectivity index (χ2n) is 6.39. The number of nitriles is 1. The highest BCUT2D eigenvalue weighted by molar-refractivity contribution is 9.10. The topological polar surface area (TPSA) is 57.8 Å². The third kappa shape index (κ3) is 4.73. The first-order valence-corrected chi connectivity index (χ1v) is 10.2. The molecule has 0 aliphatic rings. The van der Waals surface area contributed by atoms with Crippen molar-refractivity contribution < 1.29 is 4.79 Å². The maximum atomic E-state index is 12.6. The zero-order chi connectivity index (χ0) is 21.1. The molecule has 0 bridgehead atoms. The van der Waals surface area contributed by atoms with E-state index < -0.39 is 5.91 Å². The fourth-order valence-electron chi connectivity index (χ4n) is 3.06. The van der Waals surface area contributed by atoms with Crippen LogP contribution in [0.5, 0.6) is 0 Å². The van der Waals surface area contributed by atoms with E-state index in [-0.39, 0.29) is 5.57 Å². The minimum atomic E-state index is -0.477. The molecule has 1 heterocycles. The Kier molecular flexibility index (Phi) is 6.49. The zero-order valence-corrected chi connectivity index (χ0v) is 18.7. The summed E-state index contributed by atoms with van der Waals surface area (Å²) in [5.41, 5.74) is 3.96. The molecule has 1 aromatic heterocycles. The summed E-state index contributed by atoms with van der Waals surface area (Å²) in [6.07, 6.45) is 1.58. The number of amides is 1. The summed E-state index contributed by atoms with van der Waals surface area (Å²) in [7, 11) is 0. The van der Waals surface area contributed by atoms with Crippen molar-refractivity contribution in [1.82, 2.24) is 4.57 Å². The molecule has 3 aromatic rings. The fourth-order valence-corrected chi connectivity index (χ4v) is 3.95. The lowest BCUT2D eigenvalue weighted by molar-refractivity contribution is -0.112. The number of carbonyl (C=O) groups excluding carboxylic acids is 1. The van der Waals surface area contributed by atoms with Crippen molar-refractivity contribution in [2.24, 2.45) is 0 Å². The molecule has 29 heavy (non-hydrogen) atoms. The normalized spacial score (nSPS) is 11.2. The van der Waals surface area contributed by atoms with Gasteiger partial charge in [0.25, 0.3) is 5.91 Å². The largest absolute Gasteiger partial charge is 0.320 e. The van der Waals surface area contributed by atoms with Crippen molar-refractivity contribution in [3.05, 3.63) is 85.6 Å². The summed E-state index contributed by atoms with van der Waals surface area (Å²) in [5, 5.41) is 13.3. The second kappa shape index (κ2) is 8.87. The lowest BCUT2D eigenvalue weighted by atomic mass is 10.1. The van der Waals surface area contributed by atoms with E-state index in [2.05, 4.69) is 21.2 Å². The van der Waals surface area contributed by atoms with Crippen molar-refractivity contribution in [2.75, 3.05) is 5.32 Å². The molecule has 146 valence electrons. The molecule has 4 nitrogen and oxygen atoms in total. The molecular weight excluding hydrogens is 473 g/mol. The Hall–Kier alpha value is -2.52. The standard InChI is InChI=1S/C22H16BrCl2N3O/c1-13-7-15(14(2)28(13)19-10-17(24)9-18(25)11-19)8-16(12-26)22(29)27-21-6-4-3-5-20(21)23/h3-11H,1-2H3,(H,27,29)/b16-8+. The predicted octanol–water partition coefficient (Wildman–Crippen LogP) is 6.71. The molecule has 3 rings (SSSR count). The third-order valence-electron chi connectivity index (χ3n) is 4.36. The molecule has 0 fully saturated rings. The van der Waals surface area contributed by atoms with Crippen LogP contribution in [0.4, 0.5) is 5.69 Å². The molecule has 2 aromatic carbocycles. The summed E-state index contributed by atoms with van der Waals surface area (Å²) >= 11 is 15.7. The van der Waals surface area contributed by atoms with Crippen LogP contribution in [0.2, 0.25) is 10.0 Å². The van der Waals surface area contributed by atoms with Gasteiger partial charge in [-0.3, -0.25) is 4.79 Å². The predicted molar refractivity (Wildman–Crippen MR) is 122 cm³/mol. The lowest BCUT2D eigenvalue weighted by Crippen LogP contribution is -2.13. The molecule has 0 aliphatic carbocycles. The highest BCUT2D eigenvalue weighted by Crippen LogP contribution is 2.28. The Bertz CT molecular complexity index is 1160. The van der Waals surface area contributed by atoms with E-state index in [9.17, 15) is 10.1 Å². The molecule has 0 saturated carbocycles. The number of rotatable bonds is 4. The first kappa shape index (κ1) is 21.2. The van der Waals surface area contributed by atoms with Crippen LogP contribution < -0.4 is 5.32 Å². The maximum absolute atomic E-state index is 12.6. The number of carbonyl (C=O) groups is 1. The number of hydrogen-bond donors (Lipinski definition) is 1. The van der Waals surface area contributed by atoms with Crippen molar-refractivity contribution >= 4 is 56.8 Å². The van der Waals surface area contributed by atoms with Crippen LogP contribution in [0.1, 0.15) is 17.0 Å². The number of benzene rings is 2. The number of para-hydroxylation sites is 1. The molecule has 1 amide bonds. The number of aryl methyl sites for hydroxylation is 1. The van der Waals surface area contributed by atoms with Gasteiger partial charge >= 0.3 is 0 Å². The number of nitrogens with zero attached hydrogens (tertiary/aromatic N) is 2. The zero-order valence-electron chi connectivity index (χ0n) is 15.6. The van der Waals surface area contributed by atoms with Crippen molar-refractivity contribution in [3.63, 3.8) is 0 Å². The quantitative estimate of drug-likeness (QED) is 0.327. The van der Waals surface area contributed by atoms with Crippen LogP contribution in [-0.4, -0.2) is 10.5 Å². The monoisotopic (exact) mass is 487 g/mol. The van der Waals surface area contributed by atoms with Gasteiger partial charge in [-0.25, -0.2) is 0 Å². The lowest BCUT2D eigenvalue weighted by Gasteiger charge is -2.11. The minimum absolute atomic E-state index is 0.00475. The minimum Gasteiger partial charge on any atom is -0.320 e. The molecule has 0 unspecified atom stereocenters. The fraction of sp³-hybridized carbons (Fsp3) is 0.0909. The number of halogens is 3.